The van der Waals surface area contributed by atoms with Crippen molar-refractivity contribution in [3.63, 3.8) is 0 Å². The molecule has 0 radical (unpaired) electrons. The van der Waals surface area contributed by atoms with Crippen LogP contribution in [0.5, 0.6) is 0 Å². The average Bonchev–Trinajstić information content (AvgIpc) is 2.54. The van der Waals surface area contributed by atoms with Gasteiger partial charge in [0.1, 0.15) is 0 Å². The van der Waals surface area contributed by atoms with Crippen LogP contribution in [-0.2, 0) is 0 Å². The lowest BCUT2D eigenvalue weighted by molar-refractivity contribution is 0.902. The van der Waals surface area contributed by atoms with Crippen molar-refractivity contribution in [3.8, 4) is 0 Å². The van der Waals surface area contributed by atoms with E-state index >= 15 is 0 Å². The van der Waals surface area contributed by atoms with Gasteiger partial charge >= 0.3 is 0 Å². The SMILES string of the molecule is C=C/C=C\C(=C/C)C(/C(C=C)=C/C=C)C(/C=C\C)=C/C=C\C. The van der Waals surface area contributed by atoms with Gasteiger partial charge in [-0.2, -0.15) is 0 Å². The third-order valence-electron chi connectivity index (χ3n) is 3.14. The summed E-state index contributed by atoms with van der Waals surface area (Å²) in [7, 11) is 0. The van der Waals surface area contributed by atoms with Crippen LogP contribution in [0.4, 0.5) is 0 Å². The Hall–Kier alpha value is -2.34. The van der Waals surface area contributed by atoms with E-state index in [4.69, 9.17) is 0 Å². The van der Waals surface area contributed by atoms with E-state index in [1.165, 1.54) is 11.1 Å². The molecule has 0 aromatic heterocycles. The van der Waals surface area contributed by atoms with E-state index in [2.05, 4.69) is 56.2 Å². The Morgan fingerprint density at radius 1 is 0.727 bits per heavy atom. The summed E-state index contributed by atoms with van der Waals surface area (Å²) >= 11 is 0. The minimum atomic E-state index is 0.115. The quantitative estimate of drug-likeness (QED) is 0.416. The normalized spacial score (nSPS) is 15.7. The molecular weight excluding hydrogens is 264 g/mol. The fraction of sp³-hybridized carbons (Fsp3) is 0.182. The van der Waals surface area contributed by atoms with E-state index < -0.39 is 0 Å². The van der Waals surface area contributed by atoms with E-state index in [0.29, 0.717) is 0 Å². The van der Waals surface area contributed by atoms with Crippen LogP contribution in [0.2, 0.25) is 0 Å². The Morgan fingerprint density at radius 2 is 1.45 bits per heavy atom. The second-order valence-electron chi connectivity index (χ2n) is 4.62. The van der Waals surface area contributed by atoms with Crippen molar-refractivity contribution in [2.24, 2.45) is 5.92 Å². The summed E-state index contributed by atoms with van der Waals surface area (Å²) < 4.78 is 0. The molecule has 22 heavy (non-hydrogen) atoms. The molecule has 0 spiro atoms. The van der Waals surface area contributed by atoms with Crippen LogP contribution in [0.25, 0.3) is 0 Å². The highest BCUT2D eigenvalue weighted by Crippen LogP contribution is 2.31. The molecule has 0 aromatic rings. The molecule has 0 aromatic carbocycles. The van der Waals surface area contributed by atoms with Crippen LogP contribution < -0.4 is 0 Å². The maximum Gasteiger partial charge on any atom is 0.0336 e. The van der Waals surface area contributed by atoms with Crippen molar-refractivity contribution < 1.29 is 0 Å². The minimum absolute atomic E-state index is 0.115. The first kappa shape index (κ1) is 19.7. The van der Waals surface area contributed by atoms with Crippen molar-refractivity contribution in [1.29, 1.82) is 0 Å². The Morgan fingerprint density at radius 3 is 1.91 bits per heavy atom. The van der Waals surface area contributed by atoms with Gasteiger partial charge in [-0.05, 0) is 37.5 Å². The third kappa shape index (κ3) is 6.41. The zero-order chi connectivity index (χ0) is 16.8. The molecule has 0 saturated heterocycles. The molecule has 0 bridgehead atoms. The summed E-state index contributed by atoms with van der Waals surface area (Å²) in [5.41, 5.74) is 3.52. The lowest BCUT2D eigenvalue weighted by atomic mass is 9.82. The van der Waals surface area contributed by atoms with Gasteiger partial charge in [-0.1, -0.05) is 92.6 Å². The van der Waals surface area contributed by atoms with Crippen LogP contribution in [0.15, 0.2) is 109 Å². The smallest absolute Gasteiger partial charge is 0.0336 e. The molecule has 0 aliphatic carbocycles. The van der Waals surface area contributed by atoms with Crippen molar-refractivity contribution in [3.05, 3.63) is 109 Å². The van der Waals surface area contributed by atoms with Crippen molar-refractivity contribution in [2.45, 2.75) is 20.8 Å². The van der Waals surface area contributed by atoms with E-state index in [0.717, 1.165) is 5.57 Å². The second kappa shape index (κ2) is 12.4. The number of hydrogen-bond donors (Lipinski definition) is 0. The van der Waals surface area contributed by atoms with Gasteiger partial charge in [-0.15, -0.1) is 0 Å². The third-order valence-corrected chi connectivity index (χ3v) is 3.14. The summed E-state index contributed by atoms with van der Waals surface area (Å²) in [4.78, 5) is 0. The van der Waals surface area contributed by atoms with E-state index in [9.17, 15) is 0 Å². The molecule has 0 saturated carbocycles. The zero-order valence-electron chi connectivity index (χ0n) is 14.1. The van der Waals surface area contributed by atoms with Gasteiger partial charge < -0.3 is 0 Å². The zero-order valence-corrected chi connectivity index (χ0v) is 14.1. The monoisotopic (exact) mass is 292 g/mol. The summed E-state index contributed by atoms with van der Waals surface area (Å²) in [6.07, 6.45) is 24.1. The van der Waals surface area contributed by atoms with E-state index in [1.807, 2.05) is 45.1 Å². The number of rotatable bonds is 9. The number of allylic oxidation sites excluding steroid dienone is 15. The summed E-state index contributed by atoms with van der Waals surface area (Å²) in [6.45, 7) is 17.6. The predicted octanol–water partition coefficient (Wildman–Crippen LogP) is 6.67. The highest BCUT2D eigenvalue weighted by molar-refractivity contribution is 5.47. The minimum Gasteiger partial charge on any atom is -0.0991 e. The van der Waals surface area contributed by atoms with Crippen LogP contribution in [-0.4, -0.2) is 0 Å². The first-order chi connectivity index (χ1) is 10.7. The van der Waals surface area contributed by atoms with Crippen LogP contribution in [0, 0.1) is 5.92 Å². The lowest BCUT2D eigenvalue weighted by Crippen LogP contribution is -2.08. The molecule has 0 nitrogen and oxygen atoms in total. The van der Waals surface area contributed by atoms with Crippen LogP contribution >= 0.6 is 0 Å². The average molecular weight is 292 g/mol. The molecule has 0 heteroatoms. The van der Waals surface area contributed by atoms with Gasteiger partial charge in [0.25, 0.3) is 0 Å². The standard InChI is InChI=1S/C22H28/c1-7-13-17-20(12-6)22(19(11-5)15-9-3)21(16-10-4)18-14-8-2/h7-18,22H,1,3,5H2,2,4,6H3/b14-8-,16-10-,17-13-,19-15+,20-12+,21-18+. The molecule has 0 rings (SSSR count). The highest BCUT2D eigenvalue weighted by Gasteiger charge is 2.17. The van der Waals surface area contributed by atoms with E-state index in [1.54, 1.807) is 12.2 Å². The van der Waals surface area contributed by atoms with Crippen molar-refractivity contribution >= 4 is 0 Å². The van der Waals surface area contributed by atoms with Crippen LogP contribution in [0.1, 0.15) is 20.8 Å². The molecule has 0 amide bonds. The van der Waals surface area contributed by atoms with Gasteiger partial charge in [0.05, 0.1) is 0 Å². The molecular formula is C22H28. The van der Waals surface area contributed by atoms with Gasteiger partial charge in [-0.25, -0.2) is 0 Å². The van der Waals surface area contributed by atoms with Gasteiger partial charge in [0, 0.05) is 5.92 Å². The second-order valence-corrected chi connectivity index (χ2v) is 4.62. The Balaban J connectivity index is 6.22. The van der Waals surface area contributed by atoms with Crippen LogP contribution in [0.3, 0.4) is 0 Å². The largest absolute Gasteiger partial charge is 0.0991 e. The molecule has 0 fully saturated rings. The lowest BCUT2D eigenvalue weighted by Gasteiger charge is -2.21. The Kier molecular flexibility index (Phi) is 11.1. The Labute approximate surface area is 136 Å². The first-order valence-electron chi connectivity index (χ1n) is 7.55. The maximum atomic E-state index is 3.96. The van der Waals surface area contributed by atoms with Crippen molar-refractivity contribution in [2.75, 3.05) is 0 Å². The maximum absolute atomic E-state index is 3.96. The fourth-order valence-corrected chi connectivity index (χ4v) is 2.18. The predicted molar refractivity (Wildman–Crippen MR) is 103 cm³/mol. The Bertz CT molecular complexity index is 543. The van der Waals surface area contributed by atoms with Crippen molar-refractivity contribution in [1.82, 2.24) is 0 Å². The summed E-state index contributed by atoms with van der Waals surface area (Å²) in [5.74, 6) is 0.115. The molecule has 1 atom stereocenters. The first-order valence-corrected chi connectivity index (χ1v) is 7.55. The number of hydrogen-bond acceptors (Lipinski definition) is 0. The van der Waals surface area contributed by atoms with Gasteiger partial charge in [0.2, 0.25) is 0 Å². The van der Waals surface area contributed by atoms with E-state index in [-0.39, 0.29) is 5.92 Å². The molecule has 116 valence electrons. The molecule has 1 unspecified atom stereocenters. The summed E-state index contributed by atoms with van der Waals surface area (Å²) in [6, 6.07) is 0. The topological polar surface area (TPSA) is 0 Å². The molecule has 0 aliphatic rings. The van der Waals surface area contributed by atoms with Gasteiger partial charge in [-0.3, -0.25) is 0 Å². The molecule has 0 heterocycles. The highest BCUT2D eigenvalue weighted by atomic mass is 14.2. The molecule has 0 aliphatic heterocycles. The van der Waals surface area contributed by atoms with Gasteiger partial charge in [0.15, 0.2) is 0 Å². The molecule has 0 N–H and O–H groups in total. The fourth-order valence-electron chi connectivity index (χ4n) is 2.18. The summed E-state index contributed by atoms with van der Waals surface area (Å²) in [5, 5.41) is 0.